The van der Waals surface area contributed by atoms with Crippen molar-refractivity contribution in [3.05, 3.63) is 59.7 Å². The first-order valence-corrected chi connectivity index (χ1v) is 10.5. The zero-order valence-electron chi connectivity index (χ0n) is 17.0. The van der Waals surface area contributed by atoms with E-state index in [9.17, 15) is 13.4 Å². The number of carbonyl (C=O) groups is 1. The molecule has 154 valence electrons. The molecule has 3 rings (SSSR count). The lowest BCUT2D eigenvalue weighted by Gasteiger charge is -2.23. The van der Waals surface area contributed by atoms with Gasteiger partial charge in [-0.15, -0.1) is 6.58 Å². The number of anilines is 1. The van der Waals surface area contributed by atoms with E-state index in [1.165, 1.54) is 12.1 Å². The molecule has 29 heavy (non-hydrogen) atoms. The van der Waals surface area contributed by atoms with Crippen molar-refractivity contribution in [2.24, 2.45) is 7.05 Å². The Morgan fingerprint density at radius 2 is 2.17 bits per heavy atom. The van der Waals surface area contributed by atoms with E-state index < -0.39 is 28.2 Å². The van der Waals surface area contributed by atoms with E-state index in [1.54, 1.807) is 30.0 Å². The molecule has 8 heteroatoms. The first-order valence-electron chi connectivity index (χ1n) is 9.30. The van der Waals surface area contributed by atoms with Crippen LogP contribution in [0.4, 0.5) is 10.1 Å². The van der Waals surface area contributed by atoms with E-state index in [1.807, 2.05) is 20.8 Å². The van der Waals surface area contributed by atoms with Crippen LogP contribution in [-0.2, 0) is 24.5 Å². The van der Waals surface area contributed by atoms with E-state index in [2.05, 4.69) is 16.6 Å². The molecule has 0 saturated heterocycles. The Balaban J connectivity index is 0.00000145. The number of hydrogen-bond acceptors (Lipinski definition) is 3. The fourth-order valence-corrected chi connectivity index (χ4v) is 4.47. The first-order chi connectivity index (χ1) is 13.8. The van der Waals surface area contributed by atoms with Crippen molar-refractivity contribution >= 4 is 22.6 Å². The Morgan fingerprint density at radius 3 is 2.79 bits per heavy atom. The van der Waals surface area contributed by atoms with Gasteiger partial charge in [-0.1, -0.05) is 19.9 Å². The molecule has 2 N–H and O–H groups in total. The molecule has 1 amide bonds. The Kier molecular flexibility index (Phi) is 7.11. The zero-order chi connectivity index (χ0) is 21.8. The predicted octanol–water partition coefficient (Wildman–Crippen LogP) is 3.82. The summed E-state index contributed by atoms with van der Waals surface area (Å²) in [4.78, 5) is 13.4. The summed E-state index contributed by atoms with van der Waals surface area (Å²) >= 11 is 0. The maximum absolute atomic E-state index is 13.5. The van der Waals surface area contributed by atoms with Gasteiger partial charge in [-0.25, -0.2) is 13.3 Å². The van der Waals surface area contributed by atoms with Crippen LogP contribution in [0.3, 0.4) is 0 Å². The summed E-state index contributed by atoms with van der Waals surface area (Å²) in [6, 6.07) is 5.55. The van der Waals surface area contributed by atoms with E-state index in [-0.39, 0.29) is 5.56 Å². The predicted molar refractivity (Wildman–Crippen MR) is 112 cm³/mol. The van der Waals surface area contributed by atoms with Gasteiger partial charge in [0.1, 0.15) is 28.6 Å². The zero-order valence-corrected chi connectivity index (χ0v) is 17.8. The molecule has 0 aliphatic carbocycles. The highest BCUT2D eigenvalue weighted by atomic mass is 32.2. The second kappa shape index (κ2) is 9.16. The van der Waals surface area contributed by atoms with Crippen molar-refractivity contribution in [3.63, 3.8) is 0 Å². The van der Waals surface area contributed by atoms with Crippen LogP contribution in [0, 0.1) is 17.1 Å². The molecule has 2 atom stereocenters. The number of benzene rings is 1. The van der Waals surface area contributed by atoms with Crippen molar-refractivity contribution in [3.8, 4) is 6.07 Å². The Bertz CT molecular complexity index is 1010. The van der Waals surface area contributed by atoms with Crippen LogP contribution >= 0.6 is 0 Å². The molecule has 1 aromatic heterocycles. The van der Waals surface area contributed by atoms with Crippen molar-refractivity contribution in [1.29, 1.82) is 5.26 Å². The van der Waals surface area contributed by atoms with Crippen LogP contribution in [0.1, 0.15) is 48.8 Å². The summed E-state index contributed by atoms with van der Waals surface area (Å²) < 4.78 is 30.8. The lowest BCUT2D eigenvalue weighted by Crippen LogP contribution is -2.40. The molecule has 2 unspecified atom stereocenters. The van der Waals surface area contributed by atoms with Gasteiger partial charge >= 0.3 is 0 Å². The molecule has 2 aromatic rings. The number of nitrogens with one attached hydrogen (secondary N) is 2. The molecular formula is C21H25FN4O2S. The number of aryl methyl sites for hydroxylation is 1. The van der Waals surface area contributed by atoms with Crippen LogP contribution in [0.25, 0.3) is 0 Å². The van der Waals surface area contributed by atoms with Gasteiger partial charge in [0.2, 0.25) is 0 Å². The molecule has 1 aliphatic rings. The second-order valence-electron chi connectivity index (χ2n) is 6.68. The van der Waals surface area contributed by atoms with Crippen molar-refractivity contribution in [1.82, 2.24) is 9.29 Å². The summed E-state index contributed by atoms with van der Waals surface area (Å²) in [5.74, 6) is -1.05. The third-order valence-electron chi connectivity index (χ3n) is 4.68. The van der Waals surface area contributed by atoms with Crippen molar-refractivity contribution in [2.45, 2.75) is 44.0 Å². The average molecular weight is 417 g/mol. The highest BCUT2D eigenvalue weighted by Gasteiger charge is 2.32. The smallest absolute Gasteiger partial charge is 0.272 e. The number of rotatable bonds is 3. The highest BCUT2D eigenvalue weighted by Crippen LogP contribution is 2.30. The topological polar surface area (TPSA) is 86.9 Å². The summed E-state index contributed by atoms with van der Waals surface area (Å²) in [5.41, 5.74) is 0.759. The lowest BCUT2D eigenvalue weighted by atomic mass is 9.94. The van der Waals surface area contributed by atoms with Crippen LogP contribution < -0.4 is 10.0 Å². The molecule has 1 aliphatic heterocycles. The Labute approximate surface area is 173 Å². The van der Waals surface area contributed by atoms with E-state index in [0.717, 1.165) is 6.07 Å². The van der Waals surface area contributed by atoms with Crippen LogP contribution in [0.15, 0.2) is 41.9 Å². The number of carbonyl (C=O) groups excluding carboxylic acids is 1. The maximum Gasteiger partial charge on any atom is 0.272 e. The average Bonchev–Trinajstić information content (AvgIpc) is 3.00. The Morgan fingerprint density at radius 1 is 1.48 bits per heavy atom. The highest BCUT2D eigenvalue weighted by molar-refractivity contribution is 7.83. The SMILES string of the molecule is C=CC1(C)CCc2c(cn(C)c2C(=O)Nc2ccc(F)c(C#N)c2)S(=O)N1.CC. The summed E-state index contributed by atoms with van der Waals surface area (Å²) in [7, 11) is 0.230. The van der Waals surface area contributed by atoms with Gasteiger partial charge in [-0.05, 0) is 38.0 Å². The fourth-order valence-electron chi connectivity index (χ4n) is 3.07. The fraction of sp³-hybridized carbons (Fsp3) is 0.333. The molecule has 6 nitrogen and oxygen atoms in total. The summed E-state index contributed by atoms with van der Waals surface area (Å²) in [6.45, 7) is 9.70. The number of halogens is 1. The van der Waals surface area contributed by atoms with Crippen LogP contribution in [-0.4, -0.2) is 20.2 Å². The van der Waals surface area contributed by atoms with Crippen molar-refractivity contribution < 1.29 is 13.4 Å². The van der Waals surface area contributed by atoms with E-state index in [0.29, 0.717) is 34.7 Å². The number of hydrogen-bond donors (Lipinski definition) is 2. The minimum absolute atomic E-state index is 0.148. The number of nitriles is 1. The van der Waals surface area contributed by atoms with Gasteiger partial charge < -0.3 is 9.88 Å². The molecule has 0 radical (unpaired) electrons. The van der Waals surface area contributed by atoms with Gasteiger partial charge in [0.15, 0.2) is 0 Å². The summed E-state index contributed by atoms with van der Waals surface area (Å²) in [6.07, 6.45) is 4.58. The molecule has 0 spiro atoms. The lowest BCUT2D eigenvalue weighted by molar-refractivity contribution is 0.101. The van der Waals surface area contributed by atoms with Gasteiger partial charge in [0.25, 0.3) is 5.91 Å². The van der Waals surface area contributed by atoms with E-state index in [4.69, 9.17) is 5.26 Å². The minimum atomic E-state index is -1.48. The third-order valence-corrected chi connectivity index (χ3v) is 6.08. The van der Waals surface area contributed by atoms with Crippen LogP contribution in [0.5, 0.6) is 0 Å². The number of aromatic nitrogens is 1. The number of fused-ring (bicyclic) bond motifs is 1. The molecule has 1 aromatic carbocycles. The van der Waals surface area contributed by atoms with Gasteiger partial charge in [-0.2, -0.15) is 5.26 Å². The summed E-state index contributed by atoms with van der Waals surface area (Å²) in [5, 5.41) is 11.6. The monoisotopic (exact) mass is 416 g/mol. The maximum atomic E-state index is 13.5. The third kappa shape index (κ3) is 4.63. The van der Waals surface area contributed by atoms with Crippen LogP contribution in [0.2, 0.25) is 0 Å². The molecule has 2 heterocycles. The standard InChI is InChI=1S/C19H19FN4O2S.C2H6/c1-4-19(2)8-7-14-16(27(26)23-19)11-24(3)17(14)18(25)22-13-5-6-15(20)12(9-13)10-21;1-2/h4-6,9,11,23H,1,7-8H2,2-3H3,(H,22,25);1-2H3. The van der Waals surface area contributed by atoms with Crippen molar-refractivity contribution in [2.75, 3.05) is 5.32 Å². The van der Waals surface area contributed by atoms with Gasteiger partial charge in [0.05, 0.1) is 10.5 Å². The van der Waals surface area contributed by atoms with Gasteiger partial charge in [-0.3, -0.25) is 4.79 Å². The molecule has 0 bridgehead atoms. The van der Waals surface area contributed by atoms with Gasteiger partial charge in [0, 0.05) is 30.0 Å². The largest absolute Gasteiger partial charge is 0.345 e. The quantitative estimate of drug-likeness (QED) is 0.746. The number of amides is 1. The molecular weight excluding hydrogens is 391 g/mol. The molecule has 0 fully saturated rings. The van der Waals surface area contributed by atoms with E-state index >= 15 is 0 Å². The number of nitrogens with zero attached hydrogens (tertiary/aromatic N) is 2. The first kappa shape index (κ1) is 22.5. The molecule has 0 saturated carbocycles. The minimum Gasteiger partial charge on any atom is -0.345 e. The Hall–Kier alpha value is -2.76. The second-order valence-corrected chi connectivity index (χ2v) is 7.87. The normalized spacial score (nSPS) is 20.3.